The summed E-state index contributed by atoms with van der Waals surface area (Å²) in [6.07, 6.45) is 0. The lowest BCUT2D eigenvalue weighted by Gasteiger charge is -2.05. The number of para-hydroxylation sites is 1. The van der Waals surface area contributed by atoms with Crippen LogP contribution in [0.1, 0.15) is 17.0 Å². The van der Waals surface area contributed by atoms with E-state index in [2.05, 4.69) is 21.0 Å². The van der Waals surface area contributed by atoms with Crippen molar-refractivity contribution in [1.29, 1.82) is 5.26 Å². The molecule has 0 unspecified atom stereocenters. The van der Waals surface area contributed by atoms with E-state index in [0.717, 1.165) is 22.3 Å². The Morgan fingerprint density at radius 3 is 2.43 bits per heavy atom. The minimum absolute atomic E-state index is 0.543. The molecule has 0 aliphatic carbocycles. The van der Waals surface area contributed by atoms with Crippen molar-refractivity contribution in [2.24, 2.45) is 0 Å². The highest BCUT2D eigenvalue weighted by Crippen LogP contribution is 2.28. The van der Waals surface area contributed by atoms with Gasteiger partial charge in [-0.05, 0) is 43.8 Å². The number of rotatable bonds is 2. The van der Waals surface area contributed by atoms with Gasteiger partial charge < -0.3 is 0 Å². The predicted octanol–water partition coefficient (Wildman–Crippen LogP) is 3.66. The quantitative estimate of drug-likeness (QED) is 0.674. The van der Waals surface area contributed by atoms with E-state index in [1.807, 2.05) is 50.2 Å². The van der Waals surface area contributed by atoms with Crippen LogP contribution in [0.4, 0.5) is 0 Å². The molecule has 0 aliphatic rings. The van der Waals surface area contributed by atoms with Gasteiger partial charge in [-0.25, -0.2) is 15.0 Å². The second-order valence-electron chi connectivity index (χ2n) is 4.68. The molecule has 0 atom stereocenters. The number of benzene rings is 1. The number of hydrogen-bond donors (Lipinski definition) is 0. The maximum atomic E-state index is 9.32. The van der Waals surface area contributed by atoms with Crippen LogP contribution in [0, 0.1) is 25.2 Å². The van der Waals surface area contributed by atoms with E-state index in [1.165, 1.54) is 11.8 Å². The van der Waals surface area contributed by atoms with Gasteiger partial charge in [-0.15, -0.1) is 0 Å². The molecule has 5 heteroatoms. The normalized spacial score (nSPS) is 10.5. The summed E-state index contributed by atoms with van der Waals surface area (Å²) in [6.45, 7) is 3.86. The molecule has 0 aliphatic heterocycles. The van der Waals surface area contributed by atoms with E-state index in [1.54, 1.807) is 0 Å². The summed E-state index contributed by atoms with van der Waals surface area (Å²) in [4.78, 5) is 13.3. The summed E-state index contributed by atoms with van der Waals surface area (Å²) in [7, 11) is 0. The molecule has 0 N–H and O–H groups in total. The number of nitrogens with zero attached hydrogens (tertiary/aromatic N) is 4. The molecule has 0 saturated heterocycles. The third-order valence-electron chi connectivity index (χ3n) is 2.96. The Bertz CT molecular complexity index is 848. The van der Waals surface area contributed by atoms with Crippen molar-refractivity contribution < 1.29 is 0 Å². The lowest BCUT2D eigenvalue weighted by molar-refractivity contribution is 0.899. The SMILES string of the molecule is Cc1cc(C)nc(Sc2nc3ccccc3cc2C#N)n1. The zero-order chi connectivity index (χ0) is 14.8. The van der Waals surface area contributed by atoms with E-state index >= 15 is 0 Å². The third-order valence-corrected chi connectivity index (χ3v) is 3.83. The molecule has 0 fully saturated rings. The molecule has 0 radical (unpaired) electrons. The molecule has 2 heterocycles. The van der Waals surface area contributed by atoms with Crippen molar-refractivity contribution in [1.82, 2.24) is 15.0 Å². The lowest BCUT2D eigenvalue weighted by atomic mass is 10.2. The van der Waals surface area contributed by atoms with Gasteiger partial charge in [-0.2, -0.15) is 5.26 Å². The van der Waals surface area contributed by atoms with E-state index in [-0.39, 0.29) is 0 Å². The second-order valence-corrected chi connectivity index (χ2v) is 5.64. The van der Waals surface area contributed by atoms with Crippen LogP contribution in [0.2, 0.25) is 0 Å². The van der Waals surface area contributed by atoms with Crippen molar-refractivity contribution in [2.75, 3.05) is 0 Å². The van der Waals surface area contributed by atoms with Crippen molar-refractivity contribution in [3.05, 3.63) is 53.3 Å². The van der Waals surface area contributed by atoms with Crippen molar-refractivity contribution in [3.8, 4) is 6.07 Å². The molecule has 1 aromatic carbocycles. The molecule has 0 bridgehead atoms. The minimum atomic E-state index is 0.543. The molecular weight excluding hydrogens is 280 g/mol. The van der Waals surface area contributed by atoms with Gasteiger partial charge in [0.15, 0.2) is 5.16 Å². The molecular formula is C16H12N4S. The smallest absolute Gasteiger partial charge is 0.194 e. The van der Waals surface area contributed by atoms with Crippen molar-refractivity contribution in [2.45, 2.75) is 24.0 Å². The fraction of sp³-hybridized carbons (Fsp3) is 0.125. The third kappa shape index (κ3) is 2.86. The van der Waals surface area contributed by atoms with Crippen LogP contribution < -0.4 is 0 Å². The van der Waals surface area contributed by atoms with Crippen molar-refractivity contribution in [3.63, 3.8) is 0 Å². The Kier molecular flexibility index (Phi) is 3.55. The summed E-state index contributed by atoms with van der Waals surface area (Å²) >= 11 is 1.33. The fourth-order valence-electron chi connectivity index (χ4n) is 2.08. The fourth-order valence-corrected chi connectivity index (χ4v) is 2.99. The summed E-state index contributed by atoms with van der Waals surface area (Å²) in [5.41, 5.74) is 3.22. The van der Waals surface area contributed by atoms with Gasteiger partial charge >= 0.3 is 0 Å². The molecule has 3 rings (SSSR count). The first kappa shape index (κ1) is 13.5. The van der Waals surface area contributed by atoms with Crippen LogP contribution in [-0.4, -0.2) is 15.0 Å². The molecule has 2 aromatic heterocycles. The van der Waals surface area contributed by atoms with Crippen LogP contribution in [-0.2, 0) is 0 Å². The second kappa shape index (κ2) is 5.51. The summed E-state index contributed by atoms with van der Waals surface area (Å²) in [5, 5.41) is 11.5. The summed E-state index contributed by atoms with van der Waals surface area (Å²) in [6, 6.07) is 13.7. The number of hydrogen-bond acceptors (Lipinski definition) is 5. The van der Waals surface area contributed by atoms with Gasteiger partial charge in [-0.3, -0.25) is 0 Å². The van der Waals surface area contributed by atoms with Crippen LogP contribution in [0.25, 0.3) is 10.9 Å². The highest BCUT2D eigenvalue weighted by molar-refractivity contribution is 7.99. The van der Waals surface area contributed by atoms with Gasteiger partial charge in [0.2, 0.25) is 0 Å². The van der Waals surface area contributed by atoms with Gasteiger partial charge in [0.25, 0.3) is 0 Å². The maximum absolute atomic E-state index is 9.32. The molecule has 0 amide bonds. The molecule has 3 aromatic rings. The van der Waals surface area contributed by atoms with E-state index in [9.17, 15) is 5.26 Å². The molecule has 0 saturated carbocycles. The first-order chi connectivity index (χ1) is 10.2. The summed E-state index contributed by atoms with van der Waals surface area (Å²) in [5.74, 6) is 0. The maximum Gasteiger partial charge on any atom is 0.194 e. The Hall–Kier alpha value is -2.45. The number of fused-ring (bicyclic) bond motifs is 1. The average Bonchev–Trinajstić information content (AvgIpc) is 2.45. The summed E-state index contributed by atoms with van der Waals surface area (Å²) < 4.78 is 0. The number of aryl methyl sites for hydroxylation is 2. The Morgan fingerprint density at radius 1 is 1.00 bits per heavy atom. The molecule has 4 nitrogen and oxygen atoms in total. The first-order valence-corrected chi connectivity index (χ1v) is 7.27. The van der Waals surface area contributed by atoms with Gasteiger partial charge in [0.05, 0.1) is 11.1 Å². The van der Waals surface area contributed by atoms with E-state index in [0.29, 0.717) is 15.7 Å². The number of pyridine rings is 1. The zero-order valence-electron chi connectivity index (χ0n) is 11.7. The highest BCUT2D eigenvalue weighted by Gasteiger charge is 2.10. The standard InChI is InChI=1S/C16H12N4S/c1-10-7-11(2)19-16(18-10)21-15-13(9-17)8-12-5-3-4-6-14(12)20-15/h3-8H,1-2H3. The number of nitriles is 1. The minimum Gasteiger partial charge on any atom is -0.240 e. The lowest BCUT2D eigenvalue weighted by Crippen LogP contribution is -1.95. The Labute approximate surface area is 126 Å². The monoisotopic (exact) mass is 292 g/mol. The zero-order valence-corrected chi connectivity index (χ0v) is 12.5. The number of aromatic nitrogens is 3. The first-order valence-electron chi connectivity index (χ1n) is 6.46. The Balaban J connectivity index is 2.09. The van der Waals surface area contributed by atoms with Gasteiger partial charge in [0.1, 0.15) is 11.1 Å². The van der Waals surface area contributed by atoms with Crippen LogP contribution in [0.3, 0.4) is 0 Å². The predicted molar refractivity (Wildman–Crippen MR) is 82.1 cm³/mol. The van der Waals surface area contributed by atoms with E-state index < -0.39 is 0 Å². The molecule has 102 valence electrons. The molecule has 21 heavy (non-hydrogen) atoms. The topological polar surface area (TPSA) is 62.5 Å². The highest BCUT2D eigenvalue weighted by atomic mass is 32.2. The van der Waals surface area contributed by atoms with Crippen LogP contribution in [0.15, 0.2) is 46.6 Å². The van der Waals surface area contributed by atoms with Crippen molar-refractivity contribution >= 4 is 22.7 Å². The Morgan fingerprint density at radius 2 is 1.71 bits per heavy atom. The largest absolute Gasteiger partial charge is 0.240 e. The van der Waals surface area contributed by atoms with Crippen LogP contribution >= 0.6 is 11.8 Å². The van der Waals surface area contributed by atoms with Gasteiger partial charge in [0, 0.05) is 16.8 Å². The average molecular weight is 292 g/mol. The van der Waals surface area contributed by atoms with Gasteiger partial charge in [-0.1, -0.05) is 18.2 Å². The molecule has 0 spiro atoms. The van der Waals surface area contributed by atoms with Crippen LogP contribution in [0.5, 0.6) is 0 Å². The van der Waals surface area contributed by atoms with E-state index in [4.69, 9.17) is 0 Å².